The Morgan fingerprint density at radius 3 is 2.81 bits per heavy atom. The van der Waals surface area contributed by atoms with Crippen LogP contribution in [0.3, 0.4) is 0 Å². The van der Waals surface area contributed by atoms with E-state index in [1.165, 1.54) is 0 Å². The third-order valence-corrected chi connectivity index (χ3v) is 3.92. The molecule has 1 aromatic rings. The topological polar surface area (TPSA) is 43.0 Å². The smallest absolute Gasteiger partial charge is 0.231 e. The van der Waals surface area contributed by atoms with Gasteiger partial charge in [0.25, 0.3) is 0 Å². The maximum absolute atomic E-state index is 6.16. The second-order valence-corrected chi connectivity index (χ2v) is 6.59. The normalized spacial score (nSPS) is 22.0. The van der Waals surface area contributed by atoms with Crippen LogP contribution in [0.1, 0.15) is 31.9 Å². The Bertz CT molecular complexity index is 528. The highest BCUT2D eigenvalue weighted by Crippen LogP contribution is 2.50. The number of hydrogen-bond donors (Lipinski definition) is 1. The van der Waals surface area contributed by atoms with Gasteiger partial charge in [-0.3, -0.25) is 0 Å². The number of benzene rings is 1. The minimum atomic E-state index is -0.218. The van der Waals surface area contributed by atoms with Gasteiger partial charge in [0.15, 0.2) is 11.5 Å². The highest BCUT2D eigenvalue weighted by molar-refractivity contribution is 5.58. The zero-order chi connectivity index (χ0) is 15.0. The van der Waals surface area contributed by atoms with E-state index >= 15 is 0 Å². The van der Waals surface area contributed by atoms with E-state index in [0.717, 1.165) is 42.3 Å². The predicted octanol–water partition coefficient (Wildman–Crippen LogP) is 2.17. The number of nitrogens with one attached hydrogen (secondary N) is 1. The Morgan fingerprint density at radius 2 is 2.05 bits per heavy atom. The molecule has 5 heteroatoms. The molecule has 0 aliphatic carbocycles. The molecule has 0 bridgehead atoms. The van der Waals surface area contributed by atoms with Crippen molar-refractivity contribution in [2.24, 2.45) is 0 Å². The molecule has 116 valence electrons. The molecule has 0 amide bonds. The lowest BCUT2D eigenvalue weighted by atomic mass is 9.89. The summed E-state index contributed by atoms with van der Waals surface area (Å²) < 4.78 is 17.2. The molecule has 1 N–H and O–H groups in total. The molecule has 1 aromatic carbocycles. The molecule has 0 saturated carbocycles. The number of rotatable bonds is 4. The third kappa shape index (κ3) is 2.94. The van der Waals surface area contributed by atoms with Gasteiger partial charge in [0.1, 0.15) is 5.60 Å². The molecule has 5 nitrogen and oxygen atoms in total. The minimum Gasteiger partial charge on any atom is -0.483 e. The fourth-order valence-electron chi connectivity index (χ4n) is 2.91. The summed E-state index contributed by atoms with van der Waals surface area (Å²) in [6.07, 6.45) is 0.938. The average molecular weight is 292 g/mol. The van der Waals surface area contributed by atoms with Gasteiger partial charge in [-0.15, -0.1) is 0 Å². The van der Waals surface area contributed by atoms with E-state index in [1.54, 1.807) is 0 Å². The lowest BCUT2D eigenvalue weighted by Crippen LogP contribution is -2.41. The van der Waals surface area contributed by atoms with Gasteiger partial charge in [-0.1, -0.05) is 0 Å². The van der Waals surface area contributed by atoms with Crippen LogP contribution in [-0.4, -0.2) is 44.5 Å². The van der Waals surface area contributed by atoms with Crippen molar-refractivity contribution >= 4 is 0 Å². The van der Waals surface area contributed by atoms with Crippen LogP contribution in [0.4, 0.5) is 0 Å². The summed E-state index contributed by atoms with van der Waals surface area (Å²) in [6, 6.07) is 4.34. The maximum Gasteiger partial charge on any atom is 0.231 e. The largest absolute Gasteiger partial charge is 0.483 e. The molecule has 0 fully saturated rings. The van der Waals surface area contributed by atoms with Crippen molar-refractivity contribution in [2.45, 2.75) is 31.9 Å². The summed E-state index contributed by atoms with van der Waals surface area (Å²) in [6.45, 7) is 6.46. The Hall–Kier alpha value is -1.46. The Morgan fingerprint density at radius 1 is 1.24 bits per heavy atom. The lowest BCUT2D eigenvalue weighted by Gasteiger charge is -2.38. The van der Waals surface area contributed by atoms with Crippen LogP contribution in [-0.2, 0) is 0 Å². The highest BCUT2D eigenvalue weighted by atomic mass is 16.7. The minimum absolute atomic E-state index is 0.218. The van der Waals surface area contributed by atoms with Crippen LogP contribution in [0.2, 0.25) is 0 Å². The van der Waals surface area contributed by atoms with E-state index in [4.69, 9.17) is 14.2 Å². The van der Waals surface area contributed by atoms with Crippen LogP contribution in [0, 0.1) is 0 Å². The maximum atomic E-state index is 6.16. The Kier molecular flexibility index (Phi) is 3.71. The molecule has 1 unspecified atom stereocenters. The zero-order valence-corrected chi connectivity index (χ0v) is 13.2. The first-order valence-corrected chi connectivity index (χ1v) is 7.46. The predicted molar refractivity (Wildman–Crippen MR) is 81.2 cm³/mol. The standard InChI is InChI=1S/C16H24N2O3/c1-16(2)9-12(17-7-8-18(3)4)11-5-6-13-15(14(11)21-16)20-10-19-13/h5-6,12,17H,7-10H2,1-4H3. The van der Waals surface area contributed by atoms with Gasteiger partial charge in [0.05, 0.1) is 0 Å². The third-order valence-electron chi connectivity index (χ3n) is 3.92. The van der Waals surface area contributed by atoms with Gasteiger partial charge < -0.3 is 24.4 Å². The first-order chi connectivity index (χ1) is 9.96. The summed E-state index contributed by atoms with van der Waals surface area (Å²) in [5.41, 5.74) is 0.946. The van der Waals surface area contributed by atoms with Gasteiger partial charge in [0, 0.05) is 31.1 Å². The fraction of sp³-hybridized carbons (Fsp3) is 0.625. The molecule has 0 radical (unpaired) electrons. The molecular weight excluding hydrogens is 268 g/mol. The highest BCUT2D eigenvalue weighted by Gasteiger charge is 2.37. The molecular formula is C16H24N2O3. The van der Waals surface area contributed by atoms with Crippen LogP contribution in [0.25, 0.3) is 0 Å². The summed E-state index contributed by atoms with van der Waals surface area (Å²) in [5.74, 6) is 2.36. The van der Waals surface area contributed by atoms with Gasteiger partial charge in [0.2, 0.25) is 12.5 Å². The molecule has 2 heterocycles. The van der Waals surface area contributed by atoms with Crippen molar-refractivity contribution in [1.82, 2.24) is 10.2 Å². The summed E-state index contributed by atoms with van der Waals surface area (Å²) in [7, 11) is 4.17. The van der Waals surface area contributed by atoms with Gasteiger partial charge >= 0.3 is 0 Å². The number of ether oxygens (including phenoxy) is 3. The van der Waals surface area contributed by atoms with Crippen molar-refractivity contribution < 1.29 is 14.2 Å². The van der Waals surface area contributed by atoms with Crippen LogP contribution in [0.5, 0.6) is 17.2 Å². The quantitative estimate of drug-likeness (QED) is 0.921. The lowest BCUT2D eigenvalue weighted by molar-refractivity contribution is 0.0608. The van der Waals surface area contributed by atoms with Gasteiger partial charge in [-0.05, 0) is 40.1 Å². The van der Waals surface area contributed by atoms with E-state index in [2.05, 4.69) is 44.2 Å². The van der Waals surface area contributed by atoms with E-state index in [0.29, 0.717) is 0 Å². The first-order valence-electron chi connectivity index (χ1n) is 7.46. The van der Waals surface area contributed by atoms with Crippen LogP contribution in [0.15, 0.2) is 12.1 Å². The number of fused-ring (bicyclic) bond motifs is 3. The molecule has 3 rings (SSSR count). The number of hydrogen-bond acceptors (Lipinski definition) is 5. The molecule has 0 aromatic heterocycles. The second-order valence-electron chi connectivity index (χ2n) is 6.59. The summed E-state index contributed by atoms with van der Waals surface area (Å²) >= 11 is 0. The van der Waals surface area contributed by atoms with E-state index in [-0.39, 0.29) is 18.4 Å². The van der Waals surface area contributed by atoms with Gasteiger partial charge in [-0.25, -0.2) is 0 Å². The van der Waals surface area contributed by atoms with E-state index in [9.17, 15) is 0 Å². The molecule has 0 saturated heterocycles. The zero-order valence-electron chi connectivity index (χ0n) is 13.2. The SMILES string of the molecule is CN(C)CCNC1CC(C)(C)Oc2c1ccc1c2OCO1. The fourth-order valence-corrected chi connectivity index (χ4v) is 2.91. The number of likely N-dealkylation sites (N-methyl/N-ethyl adjacent to an activating group) is 1. The first kappa shape index (κ1) is 14.5. The van der Waals surface area contributed by atoms with Crippen molar-refractivity contribution in [3.63, 3.8) is 0 Å². The van der Waals surface area contributed by atoms with Crippen molar-refractivity contribution in [1.29, 1.82) is 0 Å². The molecule has 1 atom stereocenters. The van der Waals surface area contributed by atoms with Crippen molar-refractivity contribution in [2.75, 3.05) is 34.0 Å². The van der Waals surface area contributed by atoms with Crippen LogP contribution >= 0.6 is 0 Å². The summed E-state index contributed by atoms with van der Waals surface area (Å²) in [4.78, 5) is 2.18. The van der Waals surface area contributed by atoms with Crippen molar-refractivity contribution in [3.05, 3.63) is 17.7 Å². The van der Waals surface area contributed by atoms with E-state index < -0.39 is 0 Å². The summed E-state index contributed by atoms with van der Waals surface area (Å²) in [5, 5.41) is 3.64. The van der Waals surface area contributed by atoms with Crippen LogP contribution < -0.4 is 19.5 Å². The molecule has 21 heavy (non-hydrogen) atoms. The van der Waals surface area contributed by atoms with E-state index in [1.807, 2.05) is 6.07 Å². The molecule has 2 aliphatic heterocycles. The average Bonchev–Trinajstić information content (AvgIpc) is 2.85. The molecule has 2 aliphatic rings. The number of nitrogens with zero attached hydrogens (tertiary/aromatic N) is 1. The molecule has 0 spiro atoms. The Labute approximate surface area is 126 Å². The Balaban J connectivity index is 1.86. The van der Waals surface area contributed by atoms with Gasteiger partial charge in [-0.2, -0.15) is 0 Å². The second kappa shape index (κ2) is 5.39. The van der Waals surface area contributed by atoms with Crippen molar-refractivity contribution in [3.8, 4) is 17.2 Å². The monoisotopic (exact) mass is 292 g/mol.